The van der Waals surface area contributed by atoms with E-state index in [0.29, 0.717) is 12.1 Å². The van der Waals surface area contributed by atoms with Gasteiger partial charge in [0.05, 0.1) is 34.9 Å². The lowest BCUT2D eigenvalue weighted by atomic mass is 10.2. The molecule has 7 rings (SSSR count). The van der Waals surface area contributed by atoms with Crippen LogP contribution in [0.15, 0.2) is 30.9 Å². The Morgan fingerprint density at radius 3 is 2.89 bits per heavy atom. The number of carbonyl (C=O) groups is 1. The van der Waals surface area contributed by atoms with Gasteiger partial charge in [0, 0.05) is 31.2 Å². The molecule has 9 heteroatoms. The summed E-state index contributed by atoms with van der Waals surface area (Å²) >= 11 is 0. The van der Waals surface area contributed by atoms with Gasteiger partial charge >= 0.3 is 0 Å². The minimum absolute atomic E-state index is 0.0580. The molecule has 3 aliphatic rings. The van der Waals surface area contributed by atoms with Crippen molar-refractivity contribution >= 4 is 22.8 Å². The SMILES string of the molecule is Cc1nc(N2CC3CC3C2)ccc1Cn1cc(C(=O)N[C@@H]2CCc3c(C)n[nH]c32)c2cncnc21. The Morgan fingerprint density at radius 1 is 1.20 bits per heavy atom. The van der Waals surface area contributed by atoms with Crippen LogP contribution in [0.4, 0.5) is 5.82 Å². The molecule has 0 aromatic carbocycles. The van der Waals surface area contributed by atoms with Crippen LogP contribution in [0.3, 0.4) is 0 Å². The monoisotopic (exact) mass is 468 g/mol. The van der Waals surface area contributed by atoms with Crippen molar-refractivity contribution in [2.45, 2.75) is 45.7 Å². The highest BCUT2D eigenvalue weighted by atomic mass is 16.1. The minimum Gasteiger partial charge on any atom is -0.356 e. The average molecular weight is 469 g/mol. The summed E-state index contributed by atoms with van der Waals surface area (Å²) < 4.78 is 2.03. The molecule has 3 atom stereocenters. The van der Waals surface area contributed by atoms with Crippen LogP contribution in [0.2, 0.25) is 0 Å². The zero-order chi connectivity index (χ0) is 23.7. The number of nitrogens with zero attached hydrogens (tertiary/aromatic N) is 6. The molecule has 2 aliphatic carbocycles. The third-order valence-corrected chi connectivity index (χ3v) is 8.05. The van der Waals surface area contributed by atoms with Gasteiger partial charge in [0.2, 0.25) is 0 Å². The van der Waals surface area contributed by atoms with Crippen molar-refractivity contribution in [3.63, 3.8) is 0 Å². The van der Waals surface area contributed by atoms with Crippen molar-refractivity contribution in [2.75, 3.05) is 18.0 Å². The average Bonchev–Trinajstić information content (AvgIpc) is 3.26. The summed E-state index contributed by atoms with van der Waals surface area (Å²) in [5.74, 6) is 2.70. The number of aromatic nitrogens is 6. The standard InChI is InChI=1S/C26H28N8O/c1-14-16(3-6-23(29-14)33-10-17-7-18(17)11-33)9-34-12-21(20-8-27-13-28-25(20)34)26(35)30-22-5-4-19-15(2)31-32-24(19)22/h3,6,8,12-13,17-18,22H,4-5,7,9-11H2,1-2H3,(H,30,35)(H,31,32)/t17?,18?,22-/m1/s1. The number of hydrogen-bond donors (Lipinski definition) is 2. The number of H-pyrrole nitrogens is 1. The molecule has 4 aromatic rings. The Labute approximate surface area is 203 Å². The first-order valence-electron chi connectivity index (χ1n) is 12.4. The van der Waals surface area contributed by atoms with Gasteiger partial charge in [0.1, 0.15) is 17.8 Å². The highest BCUT2D eigenvalue weighted by molar-refractivity contribution is 6.06. The first-order chi connectivity index (χ1) is 17.0. The van der Waals surface area contributed by atoms with Crippen LogP contribution in [0.1, 0.15) is 57.5 Å². The van der Waals surface area contributed by atoms with E-state index in [9.17, 15) is 4.79 Å². The first-order valence-corrected chi connectivity index (χ1v) is 12.4. The Morgan fingerprint density at radius 2 is 2.06 bits per heavy atom. The smallest absolute Gasteiger partial charge is 0.254 e. The fraction of sp³-hybridized carbons (Fsp3) is 0.423. The predicted molar refractivity (Wildman–Crippen MR) is 131 cm³/mol. The topological polar surface area (TPSA) is 105 Å². The van der Waals surface area contributed by atoms with E-state index in [1.165, 1.54) is 18.3 Å². The van der Waals surface area contributed by atoms with E-state index >= 15 is 0 Å². The maximum Gasteiger partial charge on any atom is 0.254 e. The lowest BCUT2D eigenvalue weighted by Crippen LogP contribution is -2.27. The summed E-state index contributed by atoms with van der Waals surface area (Å²) in [5, 5.41) is 11.4. The molecule has 0 spiro atoms. The molecule has 1 amide bonds. The third-order valence-electron chi connectivity index (χ3n) is 8.05. The second-order valence-corrected chi connectivity index (χ2v) is 10.3. The number of rotatable bonds is 5. The molecule has 9 nitrogen and oxygen atoms in total. The summed E-state index contributed by atoms with van der Waals surface area (Å²) in [7, 11) is 0. The van der Waals surface area contributed by atoms with Crippen molar-refractivity contribution in [2.24, 2.45) is 11.8 Å². The number of pyridine rings is 1. The molecule has 1 saturated heterocycles. The molecule has 2 unspecified atom stereocenters. The molecule has 0 bridgehead atoms. The van der Waals surface area contributed by atoms with Crippen LogP contribution in [0.5, 0.6) is 0 Å². The van der Waals surface area contributed by atoms with Crippen LogP contribution in [0, 0.1) is 25.7 Å². The molecule has 1 aliphatic heterocycles. The van der Waals surface area contributed by atoms with Crippen molar-refractivity contribution in [1.82, 2.24) is 35.0 Å². The van der Waals surface area contributed by atoms with E-state index in [0.717, 1.165) is 77.3 Å². The minimum atomic E-state index is -0.119. The second kappa shape index (κ2) is 7.63. The van der Waals surface area contributed by atoms with Gasteiger partial charge in [-0.3, -0.25) is 9.89 Å². The summed E-state index contributed by atoms with van der Waals surface area (Å²) in [6.07, 6.45) is 8.33. The largest absolute Gasteiger partial charge is 0.356 e. The molecule has 2 N–H and O–H groups in total. The summed E-state index contributed by atoms with van der Waals surface area (Å²) in [5.41, 5.74) is 6.72. The van der Waals surface area contributed by atoms with Crippen LogP contribution in [-0.2, 0) is 13.0 Å². The van der Waals surface area contributed by atoms with Crippen LogP contribution >= 0.6 is 0 Å². The van der Waals surface area contributed by atoms with E-state index < -0.39 is 0 Å². The van der Waals surface area contributed by atoms with Crippen molar-refractivity contribution in [3.05, 3.63) is 64.6 Å². The van der Waals surface area contributed by atoms with E-state index in [2.05, 4.69) is 49.4 Å². The van der Waals surface area contributed by atoms with Crippen LogP contribution in [-0.4, -0.2) is 48.7 Å². The summed E-state index contributed by atoms with van der Waals surface area (Å²) in [4.78, 5) is 29.4. The third kappa shape index (κ3) is 3.40. The van der Waals surface area contributed by atoms with Gasteiger partial charge in [0.15, 0.2) is 0 Å². The number of hydrogen-bond acceptors (Lipinski definition) is 6. The maximum atomic E-state index is 13.4. The van der Waals surface area contributed by atoms with E-state index in [4.69, 9.17) is 4.98 Å². The fourth-order valence-corrected chi connectivity index (χ4v) is 5.91. The number of carbonyl (C=O) groups excluding carboxylic acids is 1. The first kappa shape index (κ1) is 20.6. The number of aryl methyl sites for hydroxylation is 2. The van der Waals surface area contributed by atoms with Crippen molar-refractivity contribution < 1.29 is 4.79 Å². The van der Waals surface area contributed by atoms with Gasteiger partial charge in [-0.15, -0.1) is 0 Å². The van der Waals surface area contributed by atoms with Crippen LogP contribution in [0.25, 0.3) is 11.0 Å². The van der Waals surface area contributed by atoms with Crippen molar-refractivity contribution in [3.8, 4) is 0 Å². The van der Waals surface area contributed by atoms with Gasteiger partial charge in [0.25, 0.3) is 5.91 Å². The lowest BCUT2D eigenvalue weighted by molar-refractivity contribution is 0.0937. The number of amides is 1. The van der Waals surface area contributed by atoms with Gasteiger partial charge in [-0.05, 0) is 62.1 Å². The van der Waals surface area contributed by atoms with Gasteiger partial charge in [-0.1, -0.05) is 6.07 Å². The zero-order valence-electron chi connectivity index (χ0n) is 20.0. The number of anilines is 1. The summed E-state index contributed by atoms with van der Waals surface area (Å²) in [6, 6.07) is 4.23. The van der Waals surface area contributed by atoms with Gasteiger partial charge in [-0.2, -0.15) is 5.10 Å². The van der Waals surface area contributed by atoms with Crippen molar-refractivity contribution in [1.29, 1.82) is 0 Å². The Kier molecular flexibility index (Phi) is 4.49. The molecular formula is C26H28N8O. The number of aromatic amines is 1. The quantitative estimate of drug-likeness (QED) is 0.466. The normalized spacial score (nSPS) is 22.5. The van der Waals surface area contributed by atoms with Gasteiger partial charge < -0.3 is 14.8 Å². The molecule has 0 radical (unpaired) electrons. The molecule has 1 saturated carbocycles. The predicted octanol–water partition coefficient (Wildman–Crippen LogP) is 3.09. The van der Waals surface area contributed by atoms with Gasteiger partial charge in [-0.25, -0.2) is 15.0 Å². The number of piperidine rings is 1. The molecule has 2 fully saturated rings. The molecule has 5 heterocycles. The molecule has 35 heavy (non-hydrogen) atoms. The summed E-state index contributed by atoms with van der Waals surface area (Å²) in [6.45, 7) is 6.93. The highest BCUT2D eigenvalue weighted by Crippen LogP contribution is 2.46. The van der Waals surface area contributed by atoms with Crippen LogP contribution < -0.4 is 10.2 Å². The highest BCUT2D eigenvalue weighted by Gasteiger charge is 2.45. The molecule has 4 aromatic heterocycles. The Hall–Kier alpha value is -3.75. The second-order valence-electron chi connectivity index (χ2n) is 10.3. The molecular weight excluding hydrogens is 440 g/mol. The maximum absolute atomic E-state index is 13.4. The number of nitrogens with one attached hydrogen (secondary N) is 2. The van der Waals surface area contributed by atoms with E-state index in [1.807, 2.05) is 17.7 Å². The zero-order valence-corrected chi connectivity index (χ0v) is 20.0. The lowest BCUT2D eigenvalue weighted by Gasteiger charge is -2.20. The molecule has 178 valence electrons. The number of fused-ring (bicyclic) bond motifs is 3. The fourth-order valence-electron chi connectivity index (χ4n) is 5.91. The Balaban J connectivity index is 1.15. The van der Waals surface area contributed by atoms with E-state index in [1.54, 1.807) is 6.20 Å². The Bertz CT molecular complexity index is 1460. The van der Waals surface area contributed by atoms with E-state index in [-0.39, 0.29) is 11.9 Å².